The Bertz CT molecular complexity index is 547. The Morgan fingerprint density at radius 2 is 1.44 bits per heavy atom. The van der Waals surface area contributed by atoms with Crippen LogP contribution in [0.15, 0.2) is 12.1 Å². The minimum Gasteiger partial charge on any atom is -0.506 e. The lowest BCUT2D eigenvalue weighted by atomic mass is 9.79. The molecular weight excluding hydrogens is 320 g/mol. The molecule has 5 heteroatoms. The first-order valence-electron chi connectivity index (χ1n) is 8.68. The molecule has 0 spiro atoms. The van der Waals surface area contributed by atoms with Crippen LogP contribution in [-0.4, -0.2) is 31.3 Å². The van der Waals surface area contributed by atoms with Gasteiger partial charge in [0.15, 0.2) is 0 Å². The Morgan fingerprint density at radius 3 is 1.72 bits per heavy atom. The number of esters is 2. The lowest BCUT2D eigenvalue weighted by molar-refractivity contribution is 0.0592. The van der Waals surface area contributed by atoms with E-state index in [2.05, 4.69) is 27.7 Å². The Kier molecular flexibility index (Phi) is 9.24. The van der Waals surface area contributed by atoms with Gasteiger partial charge in [-0.3, -0.25) is 0 Å². The minimum absolute atomic E-state index is 0.0160. The van der Waals surface area contributed by atoms with Gasteiger partial charge in [0, 0.05) is 0 Å². The van der Waals surface area contributed by atoms with Crippen molar-refractivity contribution in [2.45, 2.75) is 60.3 Å². The van der Waals surface area contributed by atoms with Crippen LogP contribution < -0.4 is 0 Å². The lowest BCUT2D eigenvalue weighted by Gasteiger charge is -2.26. The van der Waals surface area contributed by atoms with Crippen LogP contribution in [-0.2, 0) is 9.47 Å². The van der Waals surface area contributed by atoms with Gasteiger partial charge >= 0.3 is 11.9 Å². The maximum atomic E-state index is 11.9. The number of phenolic OH excluding ortho intramolecular Hbond substituents is 1. The van der Waals surface area contributed by atoms with E-state index in [0.29, 0.717) is 0 Å². The zero-order valence-electron chi connectivity index (χ0n) is 16.7. The smallest absolute Gasteiger partial charge is 0.341 e. The van der Waals surface area contributed by atoms with Crippen LogP contribution in [0.5, 0.6) is 5.75 Å². The summed E-state index contributed by atoms with van der Waals surface area (Å²) in [6.45, 7) is 12.5. The second-order valence-electron chi connectivity index (χ2n) is 6.82. The number of benzene rings is 1. The van der Waals surface area contributed by atoms with Gasteiger partial charge in [0.05, 0.1) is 14.2 Å². The third kappa shape index (κ3) is 6.40. The van der Waals surface area contributed by atoms with E-state index in [4.69, 9.17) is 9.47 Å². The van der Waals surface area contributed by atoms with Crippen molar-refractivity contribution in [3.8, 4) is 5.75 Å². The quantitative estimate of drug-likeness (QED) is 0.761. The van der Waals surface area contributed by atoms with Crippen LogP contribution in [0.3, 0.4) is 0 Å². The predicted molar refractivity (Wildman–Crippen MR) is 99.2 cm³/mol. The Hall–Kier alpha value is -2.04. The summed E-state index contributed by atoms with van der Waals surface area (Å²) in [5.41, 5.74) is 0.881. The van der Waals surface area contributed by atoms with E-state index in [1.54, 1.807) is 12.1 Å². The van der Waals surface area contributed by atoms with E-state index in [1.807, 2.05) is 13.8 Å². The molecule has 0 aliphatic heterocycles. The maximum Gasteiger partial charge on any atom is 0.341 e. The molecule has 1 aromatic rings. The van der Waals surface area contributed by atoms with Crippen molar-refractivity contribution >= 4 is 11.9 Å². The molecule has 5 nitrogen and oxygen atoms in total. The summed E-state index contributed by atoms with van der Waals surface area (Å²) in [5.74, 6) is -1.61. The molecule has 1 unspecified atom stereocenters. The van der Waals surface area contributed by atoms with Gasteiger partial charge in [-0.1, -0.05) is 41.5 Å². The van der Waals surface area contributed by atoms with Gasteiger partial charge in [-0.15, -0.1) is 0 Å². The van der Waals surface area contributed by atoms with E-state index in [1.165, 1.54) is 14.2 Å². The number of aromatic hydroxyl groups is 1. The summed E-state index contributed by atoms with van der Waals surface area (Å²) in [5, 5.41) is 10.2. The van der Waals surface area contributed by atoms with Crippen molar-refractivity contribution in [3.63, 3.8) is 0 Å². The van der Waals surface area contributed by atoms with Crippen molar-refractivity contribution in [2.75, 3.05) is 14.2 Å². The molecule has 25 heavy (non-hydrogen) atoms. The van der Waals surface area contributed by atoms with Crippen LogP contribution in [0.4, 0.5) is 0 Å². The summed E-state index contributed by atoms with van der Waals surface area (Å²) in [4.78, 5) is 23.8. The summed E-state index contributed by atoms with van der Waals surface area (Å²) in [6, 6.07) is 3.21. The molecule has 0 heterocycles. The molecule has 0 amide bonds. The molecule has 0 aliphatic rings. The second-order valence-corrected chi connectivity index (χ2v) is 6.82. The first kappa shape index (κ1) is 23.0. The van der Waals surface area contributed by atoms with Crippen molar-refractivity contribution in [1.82, 2.24) is 0 Å². The van der Waals surface area contributed by atoms with E-state index in [9.17, 15) is 14.7 Å². The van der Waals surface area contributed by atoms with Gasteiger partial charge in [0.25, 0.3) is 0 Å². The molecule has 1 N–H and O–H groups in total. The summed E-state index contributed by atoms with van der Waals surface area (Å²) in [6.07, 6.45) is 1.73. The zero-order chi connectivity index (χ0) is 19.8. The highest BCUT2D eigenvalue weighted by molar-refractivity contribution is 6.00. The van der Waals surface area contributed by atoms with Crippen molar-refractivity contribution in [3.05, 3.63) is 28.8 Å². The first-order chi connectivity index (χ1) is 11.6. The first-order valence-corrected chi connectivity index (χ1v) is 8.68. The average molecular weight is 352 g/mol. The maximum absolute atomic E-state index is 11.9. The number of carbonyl (C=O) groups excluding carboxylic acids is 2. The number of hydrogen-bond acceptors (Lipinski definition) is 5. The molecule has 1 aromatic carbocycles. The van der Waals surface area contributed by atoms with Crippen LogP contribution in [0.2, 0.25) is 0 Å². The number of methoxy groups -OCH3 is 2. The lowest BCUT2D eigenvalue weighted by Crippen LogP contribution is -2.14. The monoisotopic (exact) mass is 352 g/mol. The van der Waals surface area contributed by atoms with E-state index in [-0.39, 0.29) is 22.5 Å². The van der Waals surface area contributed by atoms with Gasteiger partial charge in [-0.25, -0.2) is 9.59 Å². The normalized spacial score (nSPS) is 11.8. The highest BCUT2D eigenvalue weighted by Gasteiger charge is 2.26. The Morgan fingerprint density at radius 1 is 1.04 bits per heavy atom. The zero-order valence-corrected chi connectivity index (χ0v) is 16.7. The number of hydrogen-bond donors (Lipinski definition) is 1. The molecule has 0 fully saturated rings. The summed E-state index contributed by atoms with van der Waals surface area (Å²) < 4.78 is 9.41. The summed E-state index contributed by atoms with van der Waals surface area (Å²) in [7, 11) is 2.47. The standard InChI is InChI=1S/C18H26O5.C2H6/c1-7-11(10-18(2,3)4)12-8-13(16(20)22-5)15(19)14(9-12)17(21)23-6;1-2/h8-9,11,19H,7,10H2,1-6H3;1-2H3. The fraction of sp³-hybridized carbons (Fsp3) is 0.600. The summed E-state index contributed by atoms with van der Waals surface area (Å²) >= 11 is 0. The van der Waals surface area contributed by atoms with Crippen molar-refractivity contribution in [2.24, 2.45) is 5.41 Å². The van der Waals surface area contributed by atoms with E-state index < -0.39 is 17.7 Å². The molecule has 0 bridgehead atoms. The number of rotatable bonds is 5. The molecular formula is C20H32O5. The largest absolute Gasteiger partial charge is 0.506 e. The molecule has 1 rings (SSSR count). The second kappa shape index (κ2) is 10.1. The van der Waals surface area contributed by atoms with E-state index in [0.717, 1.165) is 18.4 Å². The molecule has 142 valence electrons. The number of carbonyl (C=O) groups is 2. The predicted octanol–water partition coefficient (Wildman–Crippen LogP) is 4.92. The van der Waals surface area contributed by atoms with Crippen molar-refractivity contribution < 1.29 is 24.2 Å². The highest BCUT2D eigenvalue weighted by Crippen LogP contribution is 2.36. The minimum atomic E-state index is -0.680. The van der Waals surface area contributed by atoms with Gasteiger partial charge in [-0.2, -0.15) is 0 Å². The number of ether oxygens (including phenoxy) is 2. The highest BCUT2D eigenvalue weighted by atomic mass is 16.5. The topological polar surface area (TPSA) is 72.8 Å². The van der Waals surface area contributed by atoms with Gasteiger partial charge < -0.3 is 14.6 Å². The molecule has 0 radical (unpaired) electrons. The van der Waals surface area contributed by atoms with Crippen LogP contribution in [0, 0.1) is 5.41 Å². The fourth-order valence-corrected chi connectivity index (χ4v) is 2.66. The Balaban J connectivity index is 0.00000277. The van der Waals surface area contributed by atoms with Gasteiger partial charge in [0.1, 0.15) is 16.9 Å². The molecule has 0 saturated carbocycles. The molecule has 1 atom stereocenters. The van der Waals surface area contributed by atoms with Crippen LogP contribution in [0.1, 0.15) is 86.6 Å². The molecule has 0 aromatic heterocycles. The third-order valence-corrected chi connectivity index (χ3v) is 3.77. The number of phenols is 1. The SMILES string of the molecule is CC.CCC(CC(C)(C)C)c1cc(C(=O)OC)c(O)c(C(=O)OC)c1. The average Bonchev–Trinajstić information content (AvgIpc) is 2.59. The third-order valence-electron chi connectivity index (χ3n) is 3.77. The van der Waals surface area contributed by atoms with Gasteiger partial charge in [0.2, 0.25) is 0 Å². The van der Waals surface area contributed by atoms with Crippen LogP contribution in [0.25, 0.3) is 0 Å². The fourth-order valence-electron chi connectivity index (χ4n) is 2.66. The molecule has 0 aliphatic carbocycles. The van der Waals surface area contributed by atoms with Gasteiger partial charge in [-0.05, 0) is 41.9 Å². The molecule has 0 saturated heterocycles. The van der Waals surface area contributed by atoms with Crippen molar-refractivity contribution in [1.29, 1.82) is 0 Å². The Labute approximate surface area is 151 Å². The van der Waals surface area contributed by atoms with Crippen LogP contribution >= 0.6 is 0 Å². The van der Waals surface area contributed by atoms with E-state index >= 15 is 0 Å².